The molecule has 0 aromatic rings. The number of fused-ring (bicyclic) bond motifs is 5. The van der Waals surface area contributed by atoms with E-state index in [-0.39, 0.29) is 11.5 Å². The average molecular weight is 397 g/mol. The van der Waals surface area contributed by atoms with Crippen LogP contribution in [-0.4, -0.2) is 11.2 Å². The normalized spacial score (nSPS) is 46.2. The Labute approximate surface area is 179 Å². The Kier molecular flexibility index (Phi) is 5.69. The van der Waals surface area contributed by atoms with Crippen LogP contribution in [0.15, 0.2) is 36.0 Å². The van der Waals surface area contributed by atoms with Gasteiger partial charge in [-0.15, -0.1) is 0 Å². The molecule has 4 rings (SSSR count). The molecule has 0 aliphatic heterocycles. The van der Waals surface area contributed by atoms with Crippen LogP contribution in [0.1, 0.15) is 80.1 Å². The minimum atomic E-state index is -0.232. The summed E-state index contributed by atoms with van der Waals surface area (Å²) in [4.78, 5) is 0. The lowest BCUT2D eigenvalue weighted by molar-refractivity contribution is -0.0254. The Balaban J connectivity index is 1.56. The number of aliphatic hydroxyl groups is 1. The van der Waals surface area contributed by atoms with E-state index in [1.165, 1.54) is 31.3 Å². The fourth-order valence-electron chi connectivity index (χ4n) is 7.75. The first-order valence-corrected chi connectivity index (χ1v) is 12.4. The van der Waals surface area contributed by atoms with E-state index in [1.807, 2.05) is 0 Å². The zero-order valence-electron chi connectivity index (χ0n) is 19.7. The second-order valence-electron chi connectivity index (χ2n) is 11.9. The molecule has 9 unspecified atom stereocenters. The monoisotopic (exact) mass is 396 g/mol. The summed E-state index contributed by atoms with van der Waals surface area (Å²) >= 11 is 0. The topological polar surface area (TPSA) is 20.2 Å². The van der Waals surface area contributed by atoms with Crippen molar-refractivity contribution >= 4 is 0 Å². The molecule has 1 N–H and O–H groups in total. The molecule has 4 aliphatic rings. The number of allylic oxidation sites excluding steroid dienone is 5. The Hall–Kier alpha value is -0.820. The lowest BCUT2D eigenvalue weighted by atomic mass is 9.48. The summed E-state index contributed by atoms with van der Waals surface area (Å²) in [6.45, 7) is 14.6. The molecular formula is C28H44O. The number of rotatable bonds is 4. The molecule has 162 valence electrons. The van der Waals surface area contributed by atoms with E-state index >= 15 is 0 Å². The van der Waals surface area contributed by atoms with Crippen molar-refractivity contribution < 1.29 is 5.11 Å². The van der Waals surface area contributed by atoms with Gasteiger partial charge in [0.15, 0.2) is 0 Å². The Morgan fingerprint density at radius 2 is 1.72 bits per heavy atom. The summed E-state index contributed by atoms with van der Waals surface area (Å²) in [6, 6.07) is 0. The third kappa shape index (κ3) is 3.50. The van der Waals surface area contributed by atoms with Crippen LogP contribution in [0.25, 0.3) is 0 Å². The molecule has 2 fully saturated rings. The van der Waals surface area contributed by atoms with E-state index in [0.29, 0.717) is 17.3 Å². The van der Waals surface area contributed by atoms with Crippen LogP contribution >= 0.6 is 0 Å². The third-order valence-electron chi connectivity index (χ3n) is 10.1. The van der Waals surface area contributed by atoms with Gasteiger partial charge >= 0.3 is 0 Å². The second-order valence-corrected chi connectivity index (χ2v) is 11.9. The maximum absolute atomic E-state index is 10.2. The van der Waals surface area contributed by atoms with Crippen LogP contribution < -0.4 is 0 Å². The van der Waals surface area contributed by atoms with Crippen LogP contribution in [0.3, 0.4) is 0 Å². The summed E-state index contributed by atoms with van der Waals surface area (Å²) in [5.41, 5.74) is 2.20. The minimum absolute atomic E-state index is 0.232. The maximum Gasteiger partial charge on any atom is 0.0727 e. The SMILES string of the molecule is CC(C)C(C)/C=C/C(C)C1CCC2C3C=CC4=CC(O)CCC4(C)C3CCC12C. The van der Waals surface area contributed by atoms with Crippen LogP contribution in [-0.2, 0) is 0 Å². The number of hydrogen-bond donors (Lipinski definition) is 1. The fraction of sp³-hybridized carbons (Fsp3) is 0.786. The largest absolute Gasteiger partial charge is 0.389 e. The van der Waals surface area contributed by atoms with Gasteiger partial charge in [-0.05, 0) is 96.4 Å². The van der Waals surface area contributed by atoms with Gasteiger partial charge in [-0.25, -0.2) is 0 Å². The van der Waals surface area contributed by atoms with E-state index in [4.69, 9.17) is 0 Å². The van der Waals surface area contributed by atoms with Crippen LogP contribution in [0, 0.1) is 52.3 Å². The predicted octanol–water partition coefficient (Wildman–Crippen LogP) is 7.19. The highest BCUT2D eigenvalue weighted by molar-refractivity contribution is 5.36. The summed E-state index contributed by atoms with van der Waals surface area (Å²) in [6.07, 6.45) is 19.6. The first-order valence-electron chi connectivity index (χ1n) is 12.4. The molecule has 29 heavy (non-hydrogen) atoms. The van der Waals surface area contributed by atoms with Gasteiger partial charge in [0.2, 0.25) is 0 Å². The van der Waals surface area contributed by atoms with Crippen molar-refractivity contribution in [2.24, 2.45) is 52.3 Å². The Morgan fingerprint density at radius 3 is 2.45 bits per heavy atom. The molecule has 0 saturated heterocycles. The molecule has 0 bridgehead atoms. The minimum Gasteiger partial charge on any atom is -0.389 e. The van der Waals surface area contributed by atoms with Crippen molar-refractivity contribution in [1.82, 2.24) is 0 Å². The molecule has 1 heteroatoms. The Morgan fingerprint density at radius 1 is 0.966 bits per heavy atom. The molecular weight excluding hydrogens is 352 g/mol. The van der Waals surface area contributed by atoms with Gasteiger partial charge in [-0.3, -0.25) is 0 Å². The molecule has 0 radical (unpaired) electrons. The standard InChI is InChI=1S/C28H44O/c1-18(2)19(3)7-8-20(4)24-11-12-25-23-10-9-21-17-22(29)13-15-27(21,5)26(23)14-16-28(24,25)6/h7-10,17-20,22-26,29H,11-16H2,1-6H3/b8-7+. The van der Waals surface area contributed by atoms with Crippen molar-refractivity contribution in [2.75, 3.05) is 0 Å². The van der Waals surface area contributed by atoms with Gasteiger partial charge in [-0.1, -0.05) is 71.9 Å². The summed E-state index contributed by atoms with van der Waals surface area (Å²) in [5.74, 6) is 5.26. The smallest absolute Gasteiger partial charge is 0.0727 e. The molecule has 1 nitrogen and oxygen atoms in total. The van der Waals surface area contributed by atoms with E-state index in [9.17, 15) is 5.11 Å². The molecule has 0 aromatic carbocycles. The van der Waals surface area contributed by atoms with E-state index < -0.39 is 0 Å². The van der Waals surface area contributed by atoms with Crippen molar-refractivity contribution in [3.05, 3.63) is 36.0 Å². The number of aliphatic hydroxyl groups excluding tert-OH is 1. The van der Waals surface area contributed by atoms with E-state index in [0.717, 1.165) is 42.4 Å². The first kappa shape index (κ1) is 21.4. The van der Waals surface area contributed by atoms with Gasteiger partial charge < -0.3 is 5.11 Å². The summed E-state index contributed by atoms with van der Waals surface area (Å²) in [5, 5.41) is 10.2. The lowest BCUT2D eigenvalue weighted by Crippen LogP contribution is -2.49. The lowest BCUT2D eigenvalue weighted by Gasteiger charge is -2.56. The van der Waals surface area contributed by atoms with Gasteiger partial charge in [0.25, 0.3) is 0 Å². The number of hydrogen-bond acceptors (Lipinski definition) is 1. The highest BCUT2D eigenvalue weighted by Gasteiger charge is 2.58. The van der Waals surface area contributed by atoms with E-state index in [2.05, 4.69) is 71.9 Å². The molecule has 9 atom stereocenters. The molecule has 0 spiro atoms. The quantitative estimate of drug-likeness (QED) is 0.499. The van der Waals surface area contributed by atoms with Crippen molar-refractivity contribution in [1.29, 1.82) is 0 Å². The third-order valence-corrected chi connectivity index (χ3v) is 10.1. The van der Waals surface area contributed by atoms with Crippen molar-refractivity contribution in [3.8, 4) is 0 Å². The molecule has 0 amide bonds. The highest BCUT2D eigenvalue weighted by atomic mass is 16.3. The Bertz CT molecular complexity index is 699. The van der Waals surface area contributed by atoms with Gasteiger partial charge in [-0.2, -0.15) is 0 Å². The fourth-order valence-corrected chi connectivity index (χ4v) is 7.75. The van der Waals surface area contributed by atoms with Gasteiger partial charge in [0, 0.05) is 0 Å². The maximum atomic E-state index is 10.2. The first-order chi connectivity index (χ1) is 13.7. The zero-order chi connectivity index (χ0) is 21.0. The molecule has 2 saturated carbocycles. The zero-order valence-corrected chi connectivity index (χ0v) is 19.7. The van der Waals surface area contributed by atoms with Crippen LogP contribution in [0.4, 0.5) is 0 Å². The van der Waals surface area contributed by atoms with Crippen LogP contribution in [0.5, 0.6) is 0 Å². The summed E-state index contributed by atoms with van der Waals surface area (Å²) < 4.78 is 0. The van der Waals surface area contributed by atoms with Crippen LogP contribution in [0.2, 0.25) is 0 Å². The predicted molar refractivity (Wildman–Crippen MR) is 123 cm³/mol. The highest BCUT2D eigenvalue weighted by Crippen LogP contribution is 2.66. The summed E-state index contributed by atoms with van der Waals surface area (Å²) in [7, 11) is 0. The molecule has 0 aromatic heterocycles. The molecule has 4 aliphatic carbocycles. The van der Waals surface area contributed by atoms with Crippen molar-refractivity contribution in [3.63, 3.8) is 0 Å². The van der Waals surface area contributed by atoms with Crippen molar-refractivity contribution in [2.45, 2.75) is 86.2 Å². The van der Waals surface area contributed by atoms with E-state index in [1.54, 1.807) is 0 Å². The molecule has 0 heterocycles. The second kappa shape index (κ2) is 7.70. The van der Waals surface area contributed by atoms with Gasteiger partial charge in [0.05, 0.1) is 6.10 Å². The van der Waals surface area contributed by atoms with Gasteiger partial charge in [0.1, 0.15) is 0 Å². The average Bonchev–Trinajstić information content (AvgIpc) is 3.03.